The SMILES string of the molecule is CC(C)(C)OC(=O)NNC(=O)c1cnc(OC2(c3ccccc3)CC2)nc1. The van der Waals surface area contributed by atoms with Crippen molar-refractivity contribution in [3.63, 3.8) is 0 Å². The predicted octanol–water partition coefficient (Wildman–Crippen LogP) is 2.71. The van der Waals surface area contributed by atoms with E-state index in [2.05, 4.69) is 20.8 Å². The van der Waals surface area contributed by atoms with Gasteiger partial charge in [-0.1, -0.05) is 30.3 Å². The summed E-state index contributed by atoms with van der Waals surface area (Å²) >= 11 is 0. The first-order valence-electron chi connectivity index (χ1n) is 8.63. The second-order valence-electron chi connectivity index (χ2n) is 7.30. The molecular formula is C19H22N4O4. The summed E-state index contributed by atoms with van der Waals surface area (Å²) in [5.74, 6) is -0.559. The minimum absolute atomic E-state index is 0.183. The molecular weight excluding hydrogens is 348 g/mol. The number of hydrogen-bond acceptors (Lipinski definition) is 6. The Morgan fingerprint density at radius 1 is 1.04 bits per heavy atom. The first-order valence-corrected chi connectivity index (χ1v) is 8.63. The summed E-state index contributed by atoms with van der Waals surface area (Å²) in [5, 5.41) is 0. The zero-order valence-electron chi connectivity index (χ0n) is 15.5. The lowest BCUT2D eigenvalue weighted by Crippen LogP contribution is -2.44. The molecule has 0 aliphatic heterocycles. The van der Waals surface area contributed by atoms with Crippen LogP contribution in [0.2, 0.25) is 0 Å². The maximum Gasteiger partial charge on any atom is 0.426 e. The minimum Gasteiger partial charge on any atom is -0.452 e. The van der Waals surface area contributed by atoms with Gasteiger partial charge in [0.2, 0.25) is 0 Å². The summed E-state index contributed by atoms with van der Waals surface area (Å²) in [7, 11) is 0. The van der Waals surface area contributed by atoms with E-state index in [1.165, 1.54) is 12.4 Å². The fraction of sp³-hybridized carbons (Fsp3) is 0.368. The number of carbonyl (C=O) groups is 2. The summed E-state index contributed by atoms with van der Waals surface area (Å²) in [6, 6.07) is 10.1. The van der Waals surface area contributed by atoms with E-state index >= 15 is 0 Å². The molecule has 2 aromatic rings. The maximum absolute atomic E-state index is 12.0. The quantitative estimate of drug-likeness (QED) is 0.802. The highest BCUT2D eigenvalue weighted by Gasteiger charge is 2.47. The first-order chi connectivity index (χ1) is 12.8. The normalized spacial score (nSPS) is 14.8. The average molecular weight is 370 g/mol. The molecule has 0 unspecified atom stereocenters. The zero-order chi connectivity index (χ0) is 19.5. The van der Waals surface area contributed by atoms with Crippen LogP contribution < -0.4 is 15.6 Å². The highest BCUT2D eigenvalue weighted by Crippen LogP contribution is 2.48. The summed E-state index contributed by atoms with van der Waals surface area (Å²) < 4.78 is 11.0. The van der Waals surface area contributed by atoms with Gasteiger partial charge in [0.05, 0.1) is 5.56 Å². The minimum atomic E-state index is -0.754. The van der Waals surface area contributed by atoms with Crippen LogP contribution in [0.4, 0.5) is 4.79 Å². The number of nitrogens with one attached hydrogen (secondary N) is 2. The van der Waals surface area contributed by atoms with E-state index in [0.717, 1.165) is 18.4 Å². The Kier molecular flexibility index (Phi) is 4.98. The Morgan fingerprint density at radius 2 is 1.67 bits per heavy atom. The lowest BCUT2D eigenvalue weighted by Gasteiger charge is -2.19. The van der Waals surface area contributed by atoms with Crippen molar-refractivity contribution < 1.29 is 19.1 Å². The second-order valence-corrected chi connectivity index (χ2v) is 7.30. The number of hydrogen-bond donors (Lipinski definition) is 2. The molecule has 8 nitrogen and oxygen atoms in total. The lowest BCUT2D eigenvalue weighted by atomic mass is 10.1. The molecule has 1 aliphatic rings. The number of aromatic nitrogens is 2. The van der Waals surface area contributed by atoms with Crippen LogP contribution in [-0.2, 0) is 10.3 Å². The molecule has 142 valence electrons. The van der Waals surface area contributed by atoms with Gasteiger partial charge in [-0.3, -0.25) is 10.2 Å². The van der Waals surface area contributed by atoms with Crippen LogP contribution in [0.3, 0.4) is 0 Å². The standard InChI is InChI=1S/C19H22N4O4/c1-18(2,3)27-17(25)23-22-15(24)13-11-20-16(21-12-13)26-19(9-10-19)14-7-5-4-6-8-14/h4-8,11-12H,9-10H2,1-3H3,(H,22,24)(H,23,25). The van der Waals surface area contributed by atoms with E-state index in [0.29, 0.717) is 0 Å². The number of hydrazine groups is 1. The largest absolute Gasteiger partial charge is 0.452 e. The van der Waals surface area contributed by atoms with Gasteiger partial charge in [0.15, 0.2) is 0 Å². The van der Waals surface area contributed by atoms with Gasteiger partial charge in [0.1, 0.15) is 11.2 Å². The molecule has 1 saturated carbocycles. The van der Waals surface area contributed by atoms with Crippen molar-refractivity contribution in [1.82, 2.24) is 20.8 Å². The molecule has 27 heavy (non-hydrogen) atoms. The van der Waals surface area contributed by atoms with Crippen molar-refractivity contribution in [3.8, 4) is 6.01 Å². The van der Waals surface area contributed by atoms with Crippen molar-refractivity contribution in [1.29, 1.82) is 0 Å². The van der Waals surface area contributed by atoms with Crippen LogP contribution in [0.25, 0.3) is 0 Å². The molecule has 3 rings (SSSR count). The maximum atomic E-state index is 12.0. The monoisotopic (exact) mass is 370 g/mol. The summed E-state index contributed by atoms with van der Waals surface area (Å²) in [6.45, 7) is 5.18. The molecule has 0 atom stereocenters. The van der Waals surface area contributed by atoms with Crippen LogP contribution in [0.5, 0.6) is 6.01 Å². The summed E-state index contributed by atoms with van der Waals surface area (Å²) in [4.78, 5) is 31.8. The third kappa shape index (κ3) is 4.93. The van der Waals surface area contributed by atoms with E-state index in [-0.39, 0.29) is 17.2 Å². The van der Waals surface area contributed by atoms with Crippen molar-refractivity contribution in [2.24, 2.45) is 0 Å². The van der Waals surface area contributed by atoms with Crippen LogP contribution in [0, 0.1) is 0 Å². The van der Waals surface area contributed by atoms with Crippen LogP contribution in [0.15, 0.2) is 42.7 Å². The van der Waals surface area contributed by atoms with Crippen molar-refractivity contribution in [2.45, 2.75) is 44.8 Å². The summed E-state index contributed by atoms with van der Waals surface area (Å²) in [5.41, 5.74) is 4.64. The Morgan fingerprint density at radius 3 is 2.22 bits per heavy atom. The number of nitrogens with zero attached hydrogens (tertiary/aromatic N) is 2. The molecule has 1 aliphatic carbocycles. The third-order valence-electron chi connectivity index (χ3n) is 3.86. The molecule has 8 heteroatoms. The average Bonchev–Trinajstić information content (AvgIpc) is 3.40. The van der Waals surface area contributed by atoms with Crippen LogP contribution in [0.1, 0.15) is 49.5 Å². The molecule has 1 heterocycles. The second kappa shape index (κ2) is 7.22. The first kappa shape index (κ1) is 18.6. The number of rotatable bonds is 4. The Balaban J connectivity index is 1.56. The topological polar surface area (TPSA) is 102 Å². The van der Waals surface area contributed by atoms with Gasteiger partial charge < -0.3 is 9.47 Å². The van der Waals surface area contributed by atoms with Gasteiger partial charge in [-0.15, -0.1) is 0 Å². The molecule has 1 aromatic carbocycles. The number of benzene rings is 1. The van der Waals surface area contributed by atoms with E-state index in [9.17, 15) is 9.59 Å². The smallest absolute Gasteiger partial charge is 0.426 e. The van der Waals surface area contributed by atoms with Crippen molar-refractivity contribution in [2.75, 3.05) is 0 Å². The molecule has 0 bridgehead atoms. The Labute approximate surface area is 157 Å². The zero-order valence-corrected chi connectivity index (χ0v) is 15.5. The van der Waals surface area contributed by atoms with Gasteiger partial charge in [0.25, 0.3) is 5.91 Å². The molecule has 1 fully saturated rings. The molecule has 2 N–H and O–H groups in total. The van der Waals surface area contributed by atoms with Crippen molar-refractivity contribution in [3.05, 3.63) is 53.9 Å². The van der Waals surface area contributed by atoms with E-state index in [1.807, 2.05) is 30.3 Å². The van der Waals surface area contributed by atoms with Crippen molar-refractivity contribution >= 4 is 12.0 Å². The van der Waals surface area contributed by atoms with Gasteiger partial charge in [0, 0.05) is 12.4 Å². The van der Waals surface area contributed by atoms with Gasteiger partial charge >= 0.3 is 12.1 Å². The summed E-state index contributed by atoms with van der Waals surface area (Å²) in [6.07, 6.45) is 3.71. The number of amides is 2. The highest BCUT2D eigenvalue weighted by molar-refractivity contribution is 5.94. The fourth-order valence-electron chi connectivity index (χ4n) is 2.45. The third-order valence-corrected chi connectivity index (χ3v) is 3.86. The van der Waals surface area contributed by atoms with Gasteiger partial charge in [-0.05, 0) is 39.2 Å². The van der Waals surface area contributed by atoms with E-state index in [1.54, 1.807) is 20.8 Å². The van der Waals surface area contributed by atoms with Crippen LogP contribution in [-0.4, -0.2) is 27.6 Å². The molecule has 0 spiro atoms. The molecule has 2 amide bonds. The Bertz CT molecular complexity index is 812. The molecule has 1 aromatic heterocycles. The van der Waals surface area contributed by atoms with Crippen LogP contribution >= 0.6 is 0 Å². The van der Waals surface area contributed by atoms with E-state index in [4.69, 9.17) is 9.47 Å². The predicted molar refractivity (Wildman–Crippen MR) is 96.8 cm³/mol. The van der Waals surface area contributed by atoms with Gasteiger partial charge in [-0.25, -0.2) is 20.2 Å². The number of carbonyl (C=O) groups excluding carboxylic acids is 2. The fourth-order valence-corrected chi connectivity index (χ4v) is 2.45. The van der Waals surface area contributed by atoms with E-state index < -0.39 is 17.6 Å². The lowest BCUT2D eigenvalue weighted by molar-refractivity contribution is 0.0483. The highest BCUT2D eigenvalue weighted by atomic mass is 16.6. The molecule has 0 saturated heterocycles. The number of ether oxygens (including phenoxy) is 2. The Hall–Kier alpha value is -3.16. The molecule has 0 radical (unpaired) electrons. The van der Waals surface area contributed by atoms with Gasteiger partial charge in [-0.2, -0.15) is 0 Å².